The Hall–Kier alpha value is -10.0. The molecule has 0 saturated heterocycles. The molecule has 0 amide bonds. The molecule has 0 radical (unpaired) electrons. The molecule has 374 valence electrons. The van der Waals surface area contributed by atoms with E-state index < -0.39 is 0 Å². The lowest BCUT2D eigenvalue weighted by molar-refractivity contribution is 0.846. The maximum Gasteiger partial charge on any atom is 0.164 e. The molecule has 4 heteroatoms. The summed E-state index contributed by atoms with van der Waals surface area (Å²) in [5.74, 6) is 1.92. The summed E-state index contributed by atoms with van der Waals surface area (Å²) in [6, 6.07) is 90.0. The van der Waals surface area contributed by atoms with Gasteiger partial charge in [0.25, 0.3) is 0 Å². The van der Waals surface area contributed by atoms with Crippen LogP contribution >= 0.6 is 0 Å². The minimum absolute atomic E-state index is 0.0245. The van der Waals surface area contributed by atoms with Crippen molar-refractivity contribution in [2.45, 2.75) is 25.2 Å². The van der Waals surface area contributed by atoms with Gasteiger partial charge in [0, 0.05) is 44.5 Å². The van der Waals surface area contributed by atoms with E-state index in [0.717, 1.165) is 80.5 Å². The van der Waals surface area contributed by atoms with Crippen molar-refractivity contribution in [3.8, 4) is 84.1 Å². The van der Waals surface area contributed by atoms with E-state index >= 15 is 0 Å². The van der Waals surface area contributed by atoms with Gasteiger partial charge in [-0.25, -0.2) is 15.0 Å². The highest BCUT2D eigenvalue weighted by molar-refractivity contribution is 6.17. The van der Waals surface area contributed by atoms with E-state index in [1.54, 1.807) is 0 Å². The maximum absolute atomic E-state index is 5.42. The fourth-order valence-corrected chi connectivity index (χ4v) is 11.7. The molecule has 2 heterocycles. The van der Waals surface area contributed by atoms with E-state index in [0.29, 0.717) is 17.5 Å². The van der Waals surface area contributed by atoms with Gasteiger partial charge in [-0.15, -0.1) is 0 Å². The highest BCUT2D eigenvalue weighted by Gasteiger charge is 2.28. The Morgan fingerprint density at radius 3 is 1.44 bits per heavy atom. The van der Waals surface area contributed by atoms with Crippen LogP contribution in [0, 0.1) is 0 Å². The van der Waals surface area contributed by atoms with Crippen molar-refractivity contribution < 1.29 is 0 Å². The molecule has 1 atom stereocenters. The number of nitrogens with zero attached hydrogens (tertiary/aromatic N) is 4. The highest BCUT2D eigenvalue weighted by Crippen LogP contribution is 2.48. The molecule has 0 aliphatic heterocycles. The van der Waals surface area contributed by atoms with Crippen LogP contribution in [0.15, 0.2) is 285 Å². The topological polar surface area (TPSA) is 43.6 Å². The summed E-state index contributed by atoms with van der Waals surface area (Å²) < 4.78 is 2.60. The van der Waals surface area contributed by atoms with Gasteiger partial charge in [-0.05, 0) is 117 Å². The zero-order chi connectivity index (χ0) is 52.5. The lowest BCUT2D eigenvalue weighted by Gasteiger charge is -2.26. The fraction of sp³-hybridized carbons (Fsp3) is 0.0533. The second-order valence-corrected chi connectivity index (χ2v) is 20.5. The number of benzene rings is 10. The average molecular weight is 1010 g/mol. The standard InChI is InChI=1S/C75H54N4/c1-8-22-51(23-9-1)55-36-40-58(41-37-55)66-49-64(75-77-73(60-32-18-6-19-33-60)76-74(78-75)61-34-20-7-21-35-61)50-67(59-42-38-56(39-43-59)52-24-10-2-11-25-52)71(66)79-70-45-44-62(53-26-12-3-13-27-53)46-68(70)69-48-63(54-28-14-4-15-29-54)47-65(72(69)79)57-30-16-5-17-31-57/h1-6,8-20,22-42,44-50,59H,7,21,43H2/t59-/m1/s1. The zero-order valence-corrected chi connectivity index (χ0v) is 43.6. The van der Waals surface area contributed by atoms with Crippen LogP contribution in [0.3, 0.4) is 0 Å². The van der Waals surface area contributed by atoms with E-state index in [2.05, 4.69) is 284 Å². The molecule has 0 bridgehead atoms. The lowest BCUT2D eigenvalue weighted by atomic mass is 9.84. The van der Waals surface area contributed by atoms with Gasteiger partial charge in [-0.1, -0.05) is 249 Å². The summed E-state index contributed by atoms with van der Waals surface area (Å²) in [5.41, 5.74) is 21.4. The van der Waals surface area contributed by atoms with E-state index in [4.69, 9.17) is 15.0 Å². The monoisotopic (exact) mass is 1010 g/mol. The molecule has 2 aromatic heterocycles. The van der Waals surface area contributed by atoms with E-state index in [9.17, 15) is 0 Å². The van der Waals surface area contributed by atoms with E-state index in [1.165, 1.54) is 55.3 Å². The normalized spacial score (nSPS) is 14.1. The molecule has 0 saturated carbocycles. The van der Waals surface area contributed by atoms with Gasteiger partial charge in [-0.2, -0.15) is 0 Å². The van der Waals surface area contributed by atoms with Crippen molar-refractivity contribution in [1.29, 1.82) is 0 Å². The third kappa shape index (κ3) is 9.24. The van der Waals surface area contributed by atoms with E-state index in [-0.39, 0.29) is 5.92 Å². The van der Waals surface area contributed by atoms with Crippen molar-refractivity contribution in [2.75, 3.05) is 0 Å². The second-order valence-electron chi connectivity index (χ2n) is 20.5. The SMILES string of the molecule is C1=CC(c2nc(-c3ccccc3)nc(-c3cc(-c4ccc(-c5ccccc5)cc4)c(-n4c5ccc(-c6ccccc6)cc5c5cc(-c6ccccc6)cc(-c6ccccc6)c54)c([C@@H]4C=CC(c5ccccc5)=CC4)c3)n2)=CCC1. The van der Waals surface area contributed by atoms with Crippen molar-refractivity contribution >= 4 is 33.0 Å². The van der Waals surface area contributed by atoms with Crippen LogP contribution < -0.4 is 0 Å². The third-order valence-electron chi connectivity index (χ3n) is 15.6. The molecular weight excluding hydrogens is 957 g/mol. The van der Waals surface area contributed by atoms with Crippen molar-refractivity contribution in [3.63, 3.8) is 0 Å². The minimum Gasteiger partial charge on any atom is -0.308 e. The molecule has 14 rings (SSSR count). The van der Waals surface area contributed by atoms with Crippen LogP contribution in [0.4, 0.5) is 0 Å². The summed E-state index contributed by atoms with van der Waals surface area (Å²) in [7, 11) is 0. The fourth-order valence-electron chi connectivity index (χ4n) is 11.7. The molecule has 0 unspecified atom stereocenters. The van der Waals surface area contributed by atoms with E-state index in [1.807, 2.05) is 6.07 Å². The number of allylic oxidation sites excluding steroid dienone is 8. The summed E-state index contributed by atoms with van der Waals surface area (Å²) >= 11 is 0. The molecule has 0 N–H and O–H groups in total. The first-order valence-electron chi connectivity index (χ1n) is 27.4. The number of hydrogen-bond acceptors (Lipinski definition) is 3. The Balaban J connectivity index is 1.11. The number of fused-ring (bicyclic) bond motifs is 3. The Morgan fingerprint density at radius 2 is 0.835 bits per heavy atom. The largest absolute Gasteiger partial charge is 0.308 e. The van der Waals surface area contributed by atoms with Crippen LogP contribution in [-0.2, 0) is 0 Å². The van der Waals surface area contributed by atoms with Gasteiger partial charge in [0.1, 0.15) is 0 Å². The molecule has 0 fully saturated rings. The van der Waals surface area contributed by atoms with Crippen molar-refractivity contribution in [1.82, 2.24) is 19.5 Å². The Morgan fingerprint density at radius 1 is 0.342 bits per heavy atom. The van der Waals surface area contributed by atoms with Crippen LogP contribution in [0.25, 0.3) is 117 Å². The first-order chi connectivity index (χ1) is 39.2. The molecule has 10 aromatic carbocycles. The Bertz CT molecular complexity index is 4330. The summed E-state index contributed by atoms with van der Waals surface area (Å²) in [4.78, 5) is 16.0. The maximum atomic E-state index is 5.42. The Kier molecular flexibility index (Phi) is 12.5. The van der Waals surface area contributed by atoms with Gasteiger partial charge < -0.3 is 4.57 Å². The lowest BCUT2D eigenvalue weighted by Crippen LogP contribution is -2.10. The average Bonchev–Trinajstić information content (AvgIpc) is 4.14. The highest BCUT2D eigenvalue weighted by atomic mass is 15.0. The van der Waals surface area contributed by atoms with Crippen LogP contribution in [0.2, 0.25) is 0 Å². The number of hydrogen-bond donors (Lipinski definition) is 0. The molecule has 2 aliphatic carbocycles. The van der Waals surface area contributed by atoms with Crippen molar-refractivity contribution in [3.05, 3.63) is 302 Å². The second kappa shape index (κ2) is 20.8. The quantitative estimate of drug-likeness (QED) is 0.130. The molecular formula is C75H54N4. The van der Waals surface area contributed by atoms with Gasteiger partial charge in [0.05, 0.1) is 16.7 Å². The van der Waals surface area contributed by atoms with Gasteiger partial charge >= 0.3 is 0 Å². The van der Waals surface area contributed by atoms with Crippen molar-refractivity contribution in [2.24, 2.45) is 0 Å². The summed E-state index contributed by atoms with van der Waals surface area (Å²) in [5, 5.41) is 2.36. The molecule has 12 aromatic rings. The smallest absolute Gasteiger partial charge is 0.164 e. The van der Waals surface area contributed by atoms with Gasteiger partial charge in [0.15, 0.2) is 17.5 Å². The number of aromatic nitrogens is 4. The predicted molar refractivity (Wildman–Crippen MR) is 329 cm³/mol. The van der Waals surface area contributed by atoms with Crippen LogP contribution in [0.5, 0.6) is 0 Å². The Labute approximate surface area is 461 Å². The first kappa shape index (κ1) is 47.4. The van der Waals surface area contributed by atoms with Gasteiger partial charge in [-0.3, -0.25) is 0 Å². The predicted octanol–water partition coefficient (Wildman–Crippen LogP) is 19.5. The molecule has 79 heavy (non-hydrogen) atoms. The third-order valence-corrected chi connectivity index (χ3v) is 15.6. The van der Waals surface area contributed by atoms with Gasteiger partial charge in [0.2, 0.25) is 0 Å². The number of rotatable bonds is 11. The molecule has 4 nitrogen and oxygen atoms in total. The summed E-state index contributed by atoms with van der Waals surface area (Å²) in [6.07, 6.45) is 16.5. The minimum atomic E-state index is -0.0245. The zero-order valence-electron chi connectivity index (χ0n) is 43.6. The van der Waals surface area contributed by atoms with Crippen LogP contribution in [-0.4, -0.2) is 19.5 Å². The summed E-state index contributed by atoms with van der Waals surface area (Å²) in [6.45, 7) is 0. The first-order valence-corrected chi connectivity index (χ1v) is 27.4. The molecule has 0 spiro atoms. The van der Waals surface area contributed by atoms with Crippen LogP contribution in [0.1, 0.15) is 42.1 Å². The molecule has 2 aliphatic rings.